The molecule has 0 aliphatic heterocycles. The van der Waals surface area contributed by atoms with Crippen LogP contribution in [0, 0.1) is 5.41 Å². The molecule has 0 saturated heterocycles. The number of nitrogens with zero attached hydrogens (tertiary/aromatic N) is 1. The molecule has 1 unspecified atom stereocenters. The largest absolute Gasteiger partial charge is 0.440 e. The minimum Gasteiger partial charge on any atom is -0.440 e. The third-order valence-electron chi connectivity index (χ3n) is 2.23. The zero-order valence-electron chi connectivity index (χ0n) is 9.17. The van der Waals surface area contributed by atoms with Crippen LogP contribution in [0.3, 0.4) is 0 Å². The minimum absolute atomic E-state index is 0.0624. The van der Waals surface area contributed by atoms with E-state index in [2.05, 4.69) is 4.98 Å². The molecule has 0 radical (unpaired) electrons. The fourth-order valence-corrected chi connectivity index (χ4v) is 2.52. The zero-order valence-corrected chi connectivity index (χ0v) is 9.98. The summed E-state index contributed by atoms with van der Waals surface area (Å²) in [5.41, 5.74) is 6.60. The van der Waals surface area contributed by atoms with Crippen LogP contribution in [0.25, 0.3) is 0 Å². The minimum atomic E-state index is 0.0624. The molecule has 5 heteroatoms. The molecule has 3 N–H and O–H groups in total. The van der Waals surface area contributed by atoms with Crippen LogP contribution < -0.4 is 5.73 Å². The van der Waals surface area contributed by atoms with Crippen LogP contribution in [0.1, 0.15) is 17.2 Å². The number of hydrogen-bond acceptors (Lipinski definition) is 4. The first-order valence-corrected chi connectivity index (χ1v) is 6.07. The first-order valence-electron chi connectivity index (χ1n) is 5.19. The maximum absolute atomic E-state index is 7.42. The highest BCUT2D eigenvalue weighted by molar-refractivity contribution is 7.99. The molecule has 0 fully saturated rings. The summed E-state index contributed by atoms with van der Waals surface area (Å²) in [7, 11) is 0. The number of oxazole rings is 1. The van der Waals surface area contributed by atoms with Gasteiger partial charge in [-0.1, -0.05) is 42.1 Å². The molecule has 2 rings (SSSR count). The Morgan fingerprint density at radius 1 is 1.41 bits per heavy atom. The van der Waals surface area contributed by atoms with Gasteiger partial charge in [0.1, 0.15) is 6.26 Å². The molecule has 1 aromatic carbocycles. The van der Waals surface area contributed by atoms with E-state index in [0.717, 1.165) is 5.56 Å². The monoisotopic (exact) mass is 247 g/mol. The second-order valence-electron chi connectivity index (χ2n) is 3.54. The average molecular weight is 247 g/mol. The van der Waals surface area contributed by atoms with Crippen molar-refractivity contribution in [3.05, 3.63) is 48.4 Å². The van der Waals surface area contributed by atoms with Crippen LogP contribution in [-0.4, -0.2) is 10.8 Å². The van der Waals surface area contributed by atoms with Gasteiger partial charge in [0.05, 0.1) is 12.0 Å². The molecule has 0 saturated carbocycles. The summed E-state index contributed by atoms with van der Waals surface area (Å²) in [6, 6.07) is 9.94. The highest BCUT2D eigenvalue weighted by atomic mass is 32.2. The molecule has 0 aliphatic carbocycles. The van der Waals surface area contributed by atoms with Gasteiger partial charge in [-0.25, -0.2) is 4.98 Å². The zero-order chi connectivity index (χ0) is 12.1. The van der Waals surface area contributed by atoms with Crippen LogP contribution in [-0.2, 0) is 0 Å². The van der Waals surface area contributed by atoms with Gasteiger partial charge in [0, 0.05) is 11.7 Å². The normalized spacial score (nSPS) is 12.2. The smallest absolute Gasteiger partial charge is 0.256 e. The topological polar surface area (TPSA) is 75.9 Å². The van der Waals surface area contributed by atoms with Crippen molar-refractivity contribution in [2.75, 3.05) is 0 Å². The molecule has 17 heavy (non-hydrogen) atoms. The van der Waals surface area contributed by atoms with Crippen LogP contribution in [0.5, 0.6) is 0 Å². The molecule has 4 nitrogen and oxygen atoms in total. The first kappa shape index (κ1) is 11.7. The summed E-state index contributed by atoms with van der Waals surface area (Å²) in [6.07, 6.45) is 3.63. The van der Waals surface area contributed by atoms with E-state index in [9.17, 15) is 0 Å². The van der Waals surface area contributed by atoms with E-state index in [1.165, 1.54) is 18.0 Å². The van der Waals surface area contributed by atoms with E-state index in [4.69, 9.17) is 15.6 Å². The van der Waals surface area contributed by atoms with Crippen molar-refractivity contribution in [3.63, 3.8) is 0 Å². The van der Waals surface area contributed by atoms with E-state index >= 15 is 0 Å². The maximum Gasteiger partial charge on any atom is 0.256 e. The van der Waals surface area contributed by atoms with Gasteiger partial charge < -0.3 is 10.2 Å². The van der Waals surface area contributed by atoms with Crippen molar-refractivity contribution in [1.29, 1.82) is 5.41 Å². The third kappa shape index (κ3) is 3.35. The molecule has 0 spiro atoms. The van der Waals surface area contributed by atoms with Crippen LogP contribution >= 0.6 is 11.8 Å². The van der Waals surface area contributed by atoms with Crippen molar-refractivity contribution in [2.24, 2.45) is 5.73 Å². The summed E-state index contributed by atoms with van der Waals surface area (Å²) in [5.74, 6) is 0.165. The lowest BCUT2D eigenvalue weighted by Gasteiger charge is -2.13. The predicted octanol–water partition coefficient (Wildman–Crippen LogP) is 2.83. The quantitative estimate of drug-likeness (QED) is 0.484. The molecule has 2 aromatic rings. The van der Waals surface area contributed by atoms with Gasteiger partial charge in [-0.3, -0.25) is 5.41 Å². The Morgan fingerprint density at radius 2 is 2.18 bits per heavy atom. The highest BCUT2D eigenvalue weighted by Gasteiger charge is 2.16. The van der Waals surface area contributed by atoms with Crippen LogP contribution in [0.4, 0.5) is 0 Å². The van der Waals surface area contributed by atoms with E-state index < -0.39 is 0 Å². The Bertz CT molecular complexity index is 470. The van der Waals surface area contributed by atoms with Crippen molar-refractivity contribution >= 4 is 17.6 Å². The van der Waals surface area contributed by atoms with E-state index in [-0.39, 0.29) is 11.1 Å². The lowest BCUT2D eigenvalue weighted by atomic mass is 10.1. The van der Waals surface area contributed by atoms with Crippen molar-refractivity contribution in [1.82, 2.24) is 4.98 Å². The molecule has 0 amide bonds. The van der Waals surface area contributed by atoms with Gasteiger partial charge in [0.15, 0.2) is 0 Å². The Hall–Kier alpha value is -1.75. The van der Waals surface area contributed by atoms with Crippen molar-refractivity contribution < 1.29 is 4.42 Å². The van der Waals surface area contributed by atoms with Gasteiger partial charge >= 0.3 is 0 Å². The van der Waals surface area contributed by atoms with Gasteiger partial charge in [0.2, 0.25) is 0 Å². The molecule has 1 aromatic heterocycles. The molecular weight excluding hydrogens is 234 g/mol. The second kappa shape index (κ2) is 5.54. The van der Waals surface area contributed by atoms with E-state index in [0.29, 0.717) is 11.6 Å². The van der Waals surface area contributed by atoms with Crippen LogP contribution in [0.15, 0.2) is 52.4 Å². The van der Waals surface area contributed by atoms with Crippen molar-refractivity contribution in [3.8, 4) is 0 Å². The Kier molecular flexibility index (Phi) is 3.82. The summed E-state index contributed by atoms with van der Waals surface area (Å²) in [5, 5.41) is 8.08. The summed E-state index contributed by atoms with van der Waals surface area (Å²) >= 11 is 1.48. The third-order valence-corrected chi connectivity index (χ3v) is 3.36. The number of rotatable bonds is 5. The SMILES string of the molecule is N=C(N)CC(Sc1ncco1)c1ccccc1. The lowest BCUT2D eigenvalue weighted by molar-refractivity contribution is 0.453. The number of nitrogens with one attached hydrogen (secondary N) is 1. The highest BCUT2D eigenvalue weighted by Crippen LogP contribution is 2.36. The second-order valence-corrected chi connectivity index (χ2v) is 4.70. The van der Waals surface area contributed by atoms with E-state index in [1.54, 1.807) is 6.20 Å². The fourth-order valence-electron chi connectivity index (χ4n) is 1.49. The number of aromatic nitrogens is 1. The molecular formula is C12H13N3OS. The molecule has 88 valence electrons. The number of thioether (sulfide) groups is 1. The maximum atomic E-state index is 7.42. The predicted molar refractivity (Wildman–Crippen MR) is 68.1 cm³/mol. The Balaban J connectivity index is 2.16. The fraction of sp³-hybridized carbons (Fsp3) is 0.167. The summed E-state index contributed by atoms with van der Waals surface area (Å²) in [4.78, 5) is 4.07. The van der Waals surface area contributed by atoms with Gasteiger partial charge in [-0.2, -0.15) is 0 Å². The number of nitrogens with two attached hydrogens (primary N) is 1. The Morgan fingerprint density at radius 3 is 2.76 bits per heavy atom. The lowest BCUT2D eigenvalue weighted by Crippen LogP contribution is -2.13. The van der Waals surface area contributed by atoms with E-state index in [1.807, 2.05) is 30.3 Å². The summed E-state index contributed by atoms with van der Waals surface area (Å²) in [6.45, 7) is 0. The number of hydrogen-bond donors (Lipinski definition) is 2. The number of benzene rings is 1. The molecule has 1 heterocycles. The standard InChI is InChI=1S/C12H13N3OS/c13-11(14)8-10(9-4-2-1-3-5-9)17-12-15-6-7-16-12/h1-7,10H,8H2,(H3,13,14). The Labute approximate surface area is 104 Å². The van der Waals surface area contributed by atoms with Gasteiger partial charge in [0.25, 0.3) is 5.22 Å². The van der Waals surface area contributed by atoms with Gasteiger partial charge in [-0.15, -0.1) is 0 Å². The molecule has 1 atom stereocenters. The number of amidine groups is 1. The molecule has 0 aliphatic rings. The van der Waals surface area contributed by atoms with Gasteiger partial charge in [-0.05, 0) is 5.56 Å². The summed E-state index contributed by atoms with van der Waals surface area (Å²) < 4.78 is 5.21. The first-order chi connectivity index (χ1) is 8.25. The van der Waals surface area contributed by atoms with Crippen LogP contribution in [0.2, 0.25) is 0 Å². The molecule has 0 bridgehead atoms. The van der Waals surface area contributed by atoms with Crippen molar-refractivity contribution in [2.45, 2.75) is 16.9 Å². The average Bonchev–Trinajstić information content (AvgIpc) is 2.82.